The highest BCUT2D eigenvalue weighted by Crippen LogP contribution is 2.31. The summed E-state index contributed by atoms with van der Waals surface area (Å²) in [6, 6.07) is 0. The second kappa shape index (κ2) is 11.4. The Hall–Kier alpha value is -1.13. The maximum absolute atomic E-state index is 11.1. The van der Waals surface area contributed by atoms with Crippen molar-refractivity contribution in [1.29, 1.82) is 0 Å². The predicted molar refractivity (Wildman–Crippen MR) is 91.9 cm³/mol. The van der Waals surface area contributed by atoms with Gasteiger partial charge >= 0.3 is 5.97 Å². The van der Waals surface area contributed by atoms with Crippen LogP contribution in [0.1, 0.15) is 58.3 Å². The Bertz CT molecular complexity index is 389. The number of aliphatic hydroxyl groups excluding tert-OH is 2. The van der Waals surface area contributed by atoms with E-state index in [1.807, 2.05) is 24.3 Å². The Morgan fingerprint density at radius 1 is 1.26 bits per heavy atom. The molecule has 0 saturated heterocycles. The van der Waals surface area contributed by atoms with Gasteiger partial charge in [-0.15, -0.1) is 0 Å². The van der Waals surface area contributed by atoms with Crippen molar-refractivity contribution in [3.8, 4) is 0 Å². The highest BCUT2D eigenvalue weighted by atomic mass is 16.5. The van der Waals surface area contributed by atoms with Gasteiger partial charge in [-0.3, -0.25) is 4.79 Å². The first kappa shape index (κ1) is 19.9. The Morgan fingerprint density at radius 3 is 2.74 bits per heavy atom. The van der Waals surface area contributed by atoms with Crippen molar-refractivity contribution < 1.29 is 19.7 Å². The van der Waals surface area contributed by atoms with Crippen LogP contribution in [0.15, 0.2) is 24.3 Å². The normalized spacial score (nSPS) is 25.1. The summed E-state index contributed by atoms with van der Waals surface area (Å²) in [4.78, 5) is 11.1. The van der Waals surface area contributed by atoms with Crippen molar-refractivity contribution in [2.24, 2.45) is 11.8 Å². The van der Waals surface area contributed by atoms with Crippen LogP contribution in [-0.2, 0) is 9.53 Å². The zero-order valence-electron chi connectivity index (χ0n) is 14.5. The monoisotopic (exact) mass is 324 g/mol. The first-order chi connectivity index (χ1) is 11.1. The van der Waals surface area contributed by atoms with Gasteiger partial charge in [-0.2, -0.15) is 0 Å². The van der Waals surface area contributed by atoms with Crippen molar-refractivity contribution in [1.82, 2.24) is 0 Å². The van der Waals surface area contributed by atoms with Crippen LogP contribution in [0, 0.1) is 11.8 Å². The van der Waals surface area contributed by atoms with Gasteiger partial charge in [-0.25, -0.2) is 0 Å². The van der Waals surface area contributed by atoms with Gasteiger partial charge in [0.1, 0.15) is 0 Å². The molecule has 0 bridgehead atoms. The van der Waals surface area contributed by atoms with Gasteiger partial charge in [0.2, 0.25) is 0 Å². The zero-order valence-corrected chi connectivity index (χ0v) is 14.5. The van der Waals surface area contributed by atoms with E-state index in [1.54, 1.807) is 0 Å². The van der Waals surface area contributed by atoms with Gasteiger partial charge < -0.3 is 14.9 Å². The predicted octanol–water partition coefficient (Wildman–Crippen LogP) is 3.38. The zero-order chi connectivity index (χ0) is 17.1. The van der Waals surface area contributed by atoms with E-state index in [-0.39, 0.29) is 17.8 Å². The molecule has 0 heterocycles. The molecule has 0 saturated carbocycles. The Kier molecular flexibility index (Phi) is 9.88. The minimum absolute atomic E-state index is 0.145. The summed E-state index contributed by atoms with van der Waals surface area (Å²) in [5.41, 5.74) is 0. The fourth-order valence-corrected chi connectivity index (χ4v) is 3.03. The molecule has 0 aromatic rings. The first-order valence-electron chi connectivity index (χ1n) is 8.88. The maximum atomic E-state index is 11.1. The van der Waals surface area contributed by atoms with Crippen molar-refractivity contribution in [3.63, 3.8) is 0 Å². The van der Waals surface area contributed by atoms with Crippen LogP contribution in [0.5, 0.6) is 0 Å². The number of hydrogen-bond acceptors (Lipinski definition) is 4. The summed E-state index contributed by atoms with van der Waals surface area (Å²) in [5.74, 6) is 0.137. The van der Waals surface area contributed by atoms with E-state index in [2.05, 4.69) is 11.7 Å². The Balaban J connectivity index is 2.35. The van der Waals surface area contributed by atoms with Gasteiger partial charge in [0, 0.05) is 12.3 Å². The third-order valence-electron chi connectivity index (χ3n) is 4.52. The van der Waals surface area contributed by atoms with Crippen molar-refractivity contribution >= 4 is 5.97 Å². The number of esters is 1. The van der Waals surface area contributed by atoms with Gasteiger partial charge in [-0.1, -0.05) is 56.9 Å². The van der Waals surface area contributed by atoms with Crippen LogP contribution < -0.4 is 0 Å². The molecule has 4 heteroatoms. The van der Waals surface area contributed by atoms with E-state index in [0.29, 0.717) is 6.42 Å². The number of allylic oxidation sites excluding steroid dienone is 2. The summed E-state index contributed by atoms with van der Waals surface area (Å²) in [5, 5.41) is 20.0. The maximum Gasteiger partial charge on any atom is 0.305 e. The number of hydrogen-bond donors (Lipinski definition) is 2. The van der Waals surface area contributed by atoms with E-state index >= 15 is 0 Å². The Morgan fingerprint density at radius 2 is 2.04 bits per heavy atom. The number of rotatable bonds is 11. The molecule has 0 fully saturated rings. The van der Waals surface area contributed by atoms with Crippen LogP contribution in [0.25, 0.3) is 0 Å². The van der Waals surface area contributed by atoms with Crippen LogP contribution in [-0.4, -0.2) is 35.5 Å². The largest absolute Gasteiger partial charge is 0.469 e. The van der Waals surface area contributed by atoms with Crippen LogP contribution >= 0.6 is 0 Å². The lowest BCUT2D eigenvalue weighted by Gasteiger charge is -2.20. The molecular formula is C19H32O4. The molecule has 4 nitrogen and oxygen atoms in total. The standard InChI is InChI=1S/C19H32O4/c1-3-4-5-8-16(20)13-11-15-12-14-18(21)17(15)9-6-7-10-19(22)23-2/h11-18,20-21H,3-10H2,1-2H3/t15-,16?,17-,18-/m0/s1. The van der Waals surface area contributed by atoms with E-state index in [9.17, 15) is 15.0 Å². The fourth-order valence-electron chi connectivity index (χ4n) is 3.03. The van der Waals surface area contributed by atoms with Crippen molar-refractivity contribution in [3.05, 3.63) is 24.3 Å². The van der Waals surface area contributed by atoms with Crippen molar-refractivity contribution in [2.75, 3.05) is 7.11 Å². The molecule has 1 rings (SSSR count). The number of carbonyl (C=O) groups excluding carboxylic acids is 1. The molecule has 1 aliphatic carbocycles. The molecule has 0 spiro atoms. The second-order valence-electron chi connectivity index (χ2n) is 6.39. The molecule has 23 heavy (non-hydrogen) atoms. The fraction of sp³-hybridized carbons (Fsp3) is 0.737. The number of ether oxygens (including phenoxy) is 1. The van der Waals surface area contributed by atoms with E-state index in [1.165, 1.54) is 7.11 Å². The van der Waals surface area contributed by atoms with Crippen LogP contribution in [0.4, 0.5) is 0 Å². The molecule has 0 amide bonds. The number of carbonyl (C=O) groups is 1. The van der Waals surface area contributed by atoms with Gasteiger partial charge in [-0.05, 0) is 25.2 Å². The average Bonchev–Trinajstić information content (AvgIpc) is 2.89. The molecule has 0 radical (unpaired) electrons. The molecule has 1 aliphatic rings. The minimum atomic E-state index is -0.431. The lowest BCUT2D eigenvalue weighted by Crippen LogP contribution is -2.19. The molecule has 0 aromatic carbocycles. The Labute approximate surface area is 140 Å². The lowest BCUT2D eigenvalue weighted by molar-refractivity contribution is -0.140. The minimum Gasteiger partial charge on any atom is -0.469 e. The number of unbranched alkanes of at least 4 members (excludes halogenated alkanes) is 3. The third-order valence-corrected chi connectivity index (χ3v) is 4.52. The van der Waals surface area contributed by atoms with E-state index in [0.717, 1.165) is 44.9 Å². The SMILES string of the molecule is CCCCCC(O)C=C[C@H]1C=C[C@H](O)[C@H]1CCCCC(=O)OC. The summed E-state index contributed by atoms with van der Waals surface area (Å²) in [7, 11) is 1.40. The third kappa shape index (κ3) is 7.80. The lowest BCUT2D eigenvalue weighted by atomic mass is 9.88. The van der Waals surface area contributed by atoms with Gasteiger partial charge in [0.15, 0.2) is 0 Å². The molecule has 0 aromatic heterocycles. The van der Waals surface area contributed by atoms with Crippen LogP contribution in [0.3, 0.4) is 0 Å². The molecule has 132 valence electrons. The molecule has 0 aliphatic heterocycles. The number of methoxy groups -OCH3 is 1. The topological polar surface area (TPSA) is 66.8 Å². The molecule has 2 N–H and O–H groups in total. The highest BCUT2D eigenvalue weighted by molar-refractivity contribution is 5.68. The summed E-state index contributed by atoms with van der Waals surface area (Å²) in [6.45, 7) is 2.15. The van der Waals surface area contributed by atoms with Gasteiger partial charge in [0.05, 0.1) is 19.3 Å². The number of aliphatic hydroxyl groups is 2. The smallest absolute Gasteiger partial charge is 0.305 e. The average molecular weight is 324 g/mol. The summed E-state index contributed by atoms with van der Waals surface area (Å²) in [6.07, 6.45) is 14.0. The second-order valence-corrected chi connectivity index (χ2v) is 6.39. The summed E-state index contributed by atoms with van der Waals surface area (Å²) >= 11 is 0. The van der Waals surface area contributed by atoms with E-state index < -0.39 is 12.2 Å². The van der Waals surface area contributed by atoms with Gasteiger partial charge in [0.25, 0.3) is 0 Å². The molecule has 1 unspecified atom stereocenters. The first-order valence-corrected chi connectivity index (χ1v) is 8.88. The van der Waals surface area contributed by atoms with Crippen LogP contribution in [0.2, 0.25) is 0 Å². The molecule has 4 atom stereocenters. The summed E-state index contributed by atoms with van der Waals surface area (Å²) < 4.78 is 4.63. The van der Waals surface area contributed by atoms with E-state index in [4.69, 9.17) is 0 Å². The molecular weight excluding hydrogens is 292 g/mol. The van der Waals surface area contributed by atoms with Crippen molar-refractivity contribution in [2.45, 2.75) is 70.5 Å². The highest BCUT2D eigenvalue weighted by Gasteiger charge is 2.28. The quantitative estimate of drug-likeness (QED) is 0.347.